The van der Waals surface area contributed by atoms with Crippen molar-refractivity contribution < 1.29 is 9.60 Å². The van der Waals surface area contributed by atoms with Gasteiger partial charge in [0.25, 0.3) is 0 Å². The molecule has 1 saturated heterocycles. The zero-order chi connectivity index (χ0) is 16.1. The van der Waals surface area contributed by atoms with Crippen molar-refractivity contribution in [2.24, 2.45) is 5.89 Å². The lowest BCUT2D eigenvalue weighted by atomic mass is 9.95. The van der Waals surface area contributed by atoms with E-state index < -0.39 is 30.7 Å². The van der Waals surface area contributed by atoms with E-state index in [1.165, 1.54) is 18.2 Å². The Morgan fingerprint density at radius 1 is 1.50 bits per heavy atom. The Kier molecular flexibility index (Phi) is 0.889. The smallest absolute Gasteiger partial charge is 0.0595 e. The van der Waals surface area contributed by atoms with Crippen LogP contribution in [0.15, 0.2) is 18.2 Å². The molecule has 1 aromatic carbocycles. The Balaban J connectivity index is 2.30. The van der Waals surface area contributed by atoms with Gasteiger partial charge >= 0.3 is 0 Å². The predicted octanol–water partition coefficient (Wildman–Crippen LogP) is 2.85. The lowest BCUT2D eigenvalue weighted by Crippen LogP contribution is -2.19. The molecule has 0 amide bonds. The summed E-state index contributed by atoms with van der Waals surface area (Å²) >= 11 is 11.7. The van der Waals surface area contributed by atoms with Crippen LogP contribution in [-0.4, -0.2) is 13.0 Å². The van der Waals surface area contributed by atoms with Gasteiger partial charge in [0.15, 0.2) is 0 Å². The molecule has 2 aliphatic rings. The van der Waals surface area contributed by atoms with Gasteiger partial charge in [-0.05, 0) is 36.5 Å². The van der Waals surface area contributed by atoms with Crippen molar-refractivity contribution >= 4 is 23.2 Å². The van der Waals surface area contributed by atoms with Crippen LogP contribution >= 0.6 is 23.2 Å². The fourth-order valence-corrected chi connectivity index (χ4v) is 1.88. The topological polar surface area (TPSA) is 12.0 Å². The summed E-state index contributed by atoms with van der Waals surface area (Å²) in [6.45, 7) is -4.97. The molecule has 0 unspecified atom stereocenters. The summed E-state index contributed by atoms with van der Waals surface area (Å²) in [5.74, 6) is -2.30. The summed E-state index contributed by atoms with van der Waals surface area (Å²) in [5, 5.41) is 2.43. The van der Waals surface area contributed by atoms with E-state index in [0.29, 0.717) is 0 Å². The first kappa shape index (κ1) is 4.32. The molecular weight excluding hydrogens is 217 g/mol. The molecular formula is C11H11Cl2N. The van der Waals surface area contributed by atoms with Gasteiger partial charge in [-0.3, -0.25) is 0 Å². The third-order valence-corrected chi connectivity index (χ3v) is 3.15. The molecule has 1 aliphatic carbocycles. The molecule has 14 heavy (non-hydrogen) atoms. The van der Waals surface area contributed by atoms with Crippen molar-refractivity contribution in [2.75, 3.05) is 13.0 Å². The van der Waals surface area contributed by atoms with Crippen LogP contribution in [0.3, 0.4) is 0 Å². The highest BCUT2D eigenvalue weighted by atomic mass is 35.5. The van der Waals surface area contributed by atoms with Gasteiger partial charge < -0.3 is 5.32 Å². The van der Waals surface area contributed by atoms with Crippen LogP contribution in [0.2, 0.25) is 10.0 Å². The summed E-state index contributed by atoms with van der Waals surface area (Å²) in [4.78, 5) is 0. The zero-order valence-electron chi connectivity index (χ0n) is 14.0. The van der Waals surface area contributed by atoms with E-state index >= 15 is 0 Å². The Morgan fingerprint density at radius 2 is 2.36 bits per heavy atom. The maximum absolute atomic E-state index is 8.30. The van der Waals surface area contributed by atoms with Crippen LogP contribution in [0, 0.1) is 5.89 Å². The number of piperidine rings is 1. The minimum Gasteiger partial charge on any atom is -0.316 e. The first-order chi connectivity index (χ1) is 9.37. The van der Waals surface area contributed by atoms with Crippen molar-refractivity contribution in [3.05, 3.63) is 33.8 Å². The monoisotopic (exact) mass is 234 g/mol. The van der Waals surface area contributed by atoms with Gasteiger partial charge in [-0.15, -0.1) is 0 Å². The highest BCUT2D eigenvalue weighted by molar-refractivity contribution is 6.42. The first-order valence-corrected chi connectivity index (χ1v) is 4.87. The van der Waals surface area contributed by atoms with Crippen molar-refractivity contribution in [2.45, 2.75) is 11.8 Å². The Morgan fingerprint density at radius 3 is 3.00 bits per heavy atom. The van der Waals surface area contributed by atoms with Gasteiger partial charge in [0.2, 0.25) is 0 Å². The summed E-state index contributed by atoms with van der Waals surface area (Å²) < 4.78 is 56.2. The lowest BCUT2D eigenvalue weighted by Gasteiger charge is -2.12. The van der Waals surface area contributed by atoms with E-state index in [2.05, 4.69) is 5.32 Å². The van der Waals surface area contributed by atoms with Crippen LogP contribution in [0.4, 0.5) is 0 Å². The van der Waals surface area contributed by atoms with E-state index in [-0.39, 0.29) is 15.6 Å². The first-order valence-electron chi connectivity index (χ1n) is 7.62. The molecule has 1 aromatic rings. The normalized spacial score (nSPS) is 57.7. The zero-order valence-corrected chi connectivity index (χ0v) is 8.50. The average molecular weight is 235 g/mol. The number of benzene rings is 1. The van der Waals surface area contributed by atoms with E-state index in [1.807, 2.05) is 0 Å². The van der Waals surface area contributed by atoms with Crippen LogP contribution in [-0.2, 0) is 5.41 Å². The van der Waals surface area contributed by atoms with Gasteiger partial charge in [-0.25, -0.2) is 0 Å². The molecule has 0 bridgehead atoms. The second-order valence-corrected chi connectivity index (χ2v) is 4.07. The van der Waals surface area contributed by atoms with Crippen LogP contribution in [0.5, 0.6) is 0 Å². The molecule has 3 heteroatoms. The highest BCUT2D eigenvalue weighted by Crippen LogP contribution is 2.56. The summed E-state index contributed by atoms with van der Waals surface area (Å²) in [6.07, 6.45) is -2.39. The van der Waals surface area contributed by atoms with E-state index in [1.54, 1.807) is 0 Å². The molecule has 0 spiro atoms. The van der Waals surface area contributed by atoms with E-state index in [9.17, 15) is 0 Å². The minimum absolute atomic E-state index is 0.108. The Labute approximate surface area is 103 Å². The minimum atomic E-state index is -2.52. The number of hydrogen-bond acceptors (Lipinski definition) is 1. The Bertz CT molecular complexity index is 639. The molecule has 1 nitrogen and oxygen atoms in total. The van der Waals surface area contributed by atoms with Gasteiger partial charge in [0, 0.05) is 21.5 Å². The number of fused-ring (bicyclic) bond motifs is 1. The van der Waals surface area contributed by atoms with Crippen LogP contribution in [0.1, 0.15) is 21.5 Å². The van der Waals surface area contributed by atoms with E-state index in [4.69, 9.17) is 32.8 Å². The number of hydrogen-bond donors (Lipinski definition) is 1. The molecule has 0 radical (unpaired) electrons. The lowest BCUT2D eigenvalue weighted by molar-refractivity contribution is 0.676. The van der Waals surface area contributed by atoms with Crippen molar-refractivity contribution in [3.63, 3.8) is 0 Å². The molecule has 0 aromatic heterocycles. The molecule has 1 saturated carbocycles. The maximum Gasteiger partial charge on any atom is 0.0595 e. The highest BCUT2D eigenvalue weighted by Gasteiger charge is 2.57. The molecule has 1 N–H and O–H groups in total. The molecule has 3 rings (SSSR count). The van der Waals surface area contributed by atoms with Crippen molar-refractivity contribution in [1.82, 2.24) is 5.32 Å². The van der Waals surface area contributed by atoms with Crippen LogP contribution < -0.4 is 5.32 Å². The third kappa shape index (κ3) is 1.13. The fraction of sp³-hybridized carbons (Fsp3) is 0.455. The number of rotatable bonds is 1. The predicted molar refractivity (Wildman–Crippen MR) is 59.1 cm³/mol. The van der Waals surface area contributed by atoms with Gasteiger partial charge in [-0.2, -0.15) is 0 Å². The second kappa shape index (κ2) is 2.88. The fourth-order valence-electron chi connectivity index (χ4n) is 1.58. The third-order valence-electron chi connectivity index (χ3n) is 2.42. The summed E-state index contributed by atoms with van der Waals surface area (Å²) in [6, 6.07) is 4.09. The molecule has 2 atom stereocenters. The number of nitrogens with one attached hydrogen (secondary N) is 1. The molecule has 1 aliphatic heterocycles. The van der Waals surface area contributed by atoms with Crippen molar-refractivity contribution in [1.29, 1.82) is 0 Å². The summed E-state index contributed by atoms with van der Waals surface area (Å²) in [7, 11) is 0. The average Bonchev–Trinajstić information content (AvgIpc) is 2.67. The number of halogens is 2. The van der Waals surface area contributed by atoms with Gasteiger partial charge in [0.05, 0.1) is 10.0 Å². The standard InChI is InChI=1S/C11H11Cl2N/c12-9-2-1-7(3-10(9)13)11-4-8(11)5-14-6-11/h1-3,8,14H,4-6H2/t8-,11+/m1/s1/i4D2,5D2,6D2,8D. The SMILES string of the molecule is [2H]C1([2H])NC([2H])([2H])[C@]2(c3ccc(Cl)c(Cl)c3)C([2H])([2H])[C@]12[2H]. The molecule has 1 heterocycles. The largest absolute Gasteiger partial charge is 0.316 e. The van der Waals surface area contributed by atoms with Gasteiger partial charge in [-0.1, -0.05) is 29.3 Å². The van der Waals surface area contributed by atoms with Crippen LogP contribution in [0.25, 0.3) is 0 Å². The maximum atomic E-state index is 8.30. The molecule has 74 valence electrons. The Hall–Kier alpha value is -0.240. The molecule has 2 fully saturated rings. The van der Waals surface area contributed by atoms with Crippen molar-refractivity contribution in [3.8, 4) is 0 Å². The quantitative estimate of drug-likeness (QED) is 0.789. The summed E-state index contributed by atoms with van der Waals surface area (Å²) in [5.41, 5.74) is -1.87. The van der Waals surface area contributed by atoms with Gasteiger partial charge in [0.1, 0.15) is 0 Å². The van der Waals surface area contributed by atoms with E-state index in [0.717, 1.165) is 0 Å². The second-order valence-electron chi connectivity index (χ2n) is 3.25.